The fourth-order valence-electron chi connectivity index (χ4n) is 1.89. The predicted molar refractivity (Wildman–Crippen MR) is 85.7 cm³/mol. The van der Waals surface area contributed by atoms with E-state index in [0.717, 1.165) is 16.5 Å². The summed E-state index contributed by atoms with van der Waals surface area (Å²) in [5, 5.41) is 4.93. The first kappa shape index (κ1) is 14.0. The third-order valence-electron chi connectivity index (χ3n) is 2.69. The standard InChI is InChI=1S/C14H14N4OS/c1-10(19)18-9-11(5-4-8-16-17-14(15)20)12-6-2-3-7-13(12)18/h2-9H,1H3,(H3,15,17,20). The molecule has 3 N–H and O–H groups in total. The maximum Gasteiger partial charge on any atom is 0.227 e. The Kier molecular flexibility index (Phi) is 4.27. The number of rotatable bonds is 3. The summed E-state index contributed by atoms with van der Waals surface area (Å²) < 4.78 is 1.62. The van der Waals surface area contributed by atoms with E-state index in [4.69, 9.17) is 5.73 Å². The SMILES string of the molecule is CC(=O)n1cc(C=CC=NNC(N)=S)c2ccccc21. The Morgan fingerprint density at radius 2 is 2.20 bits per heavy atom. The lowest BCUT2D eigenvalue weighted by atomic mass is 10.1. The summed E-state index contributed by atoms with van der Waals surface area (Å²) in [7, 11) is 0. The highest BCUT2D eigenvalue weighted by Crippen LogP contribution is 2.22. The Morgan fingerprint density at radius 1 is 1.45 bits per heavy atom. The van der Waals surface area contributed by atoms with Gasteiger partial charge < -0.3 is 5.73 Å². The van der Waals surface area contributed by atoms with Crippen LogP contribution in [-0.2, 0) is 0 Å². The number of hydrogen-bond acceptors (Lipinski definition) is 3. The van der Waals surface area contributed by atoms with Gasteiger partial charge in [0.05, 0.1) is 5.52 Å². The van der Waals surface area contributed by atoms with Crippen molar-refractivity contribution in [2.75, 3.05) is 0 Å². The number of thiocarbonyl (C=S) groups is 1. The summed E-state index contributed by atoms with van der Waals surface area (Å²) in [4.78, 5) is 11.6. The fraction of sp³-hybridized carbons (Fsp3) is 0.0714. The van der Waals surface area contributed by atoms with Crippen LogP contribution in [0.3, 0.4) is 0 Å². The van der Waals surface area contributed by atoms with Crippen molar-refractivity contribution in [1.82, 2.24) is 9.99 Å². The molecule has 0 aliphatic heterocycles. The zero-order valence-electron chi connectivity index (χ0n) is 10.9. The molecule has 0 unspecified atom stereocenters. The van der Waals surface area contributed by atoms with Crippen LogP contribution in [0.1, 0.15) is 17.3 Å². The molecule has 1 aromatic heterocycles. The molecule has 0 saturated carbocycles. The lowest BCUT2D eigenvalue weighted by Gasteiger charge is -1.96. The molecular weight excluding hydrogens is 272 g/mol. The molecule has 2 rings (SSSR count). The zero-order chi connectivity index (χ0) is 14.5. The first-order valence-electron chi connectivity index (χ1n) is 5.96. The molecule has 0 saturated heterocycles. The van der Waals surface area contributed by atoms with E-state index in [2.05, 4.69) is 22.7 Å². The summed E-state index contributed by atoms with van der Waals surface area (Å²) in [5.41, 5.74) is 9.53. The number of carbonyl (C=O) groups excluding carboxylic acids is 1. The van der Waals surface area contributed by atoms with Gasteiger partial charge in [-0.1, -0.05) is 24.3 Å². The van der Waals surface area contributed by atoms with E-state index in [0.29, 0.717) is 0 Å². The number of nitrogens with one attached hydrogen (secondary N) is 1. The number of benzene rings is 1. The number of hydrogen-bond donors (Lipinski definition) is 2. The molecule has 1 aromatic carbocycles. The first-order chi connectivity index (χ1) is 9.59. The van der Waals surface area contributed by atoms with E-state index in [-0.39, 0.29) is 11.0 Å². The van der Waals surface area contributed by atoms with Gasteiger partial charge in [-0.2, -0.15) is 5.10 Å². The van der Waals surface area contributed by atoms with Crippen molar-refractivity contribution < 1.29 is 4.79 Å². The fourth-order valence-corrected chi connectivity index (χ4v) is 1.94. The molecule has 20 heavy (non-hydrogen) atoms. The van der Waals surface area contributed by atoms with Crippen LogP contribution in [0.25, 0.3) is 17.0 Å². The average Bonchev–Trinajstić information content (AvgIpc) is 2.77. The highest BCUT2D eigenvalue weighted by Gasteiger charge is 2.07. The molecule has 0 bridgehead atoms. The Balaban J connectivity index is 2.31. The number of hydrazone groups is 1. The second-order valence-corrected chi connectivity index (χ2v) is 4.54. The van der Waals surface area contributed by atoms with E-state index < -0.39 is 0 Å². The van der Waals surface area contributed by atoms with Crippen LogP contribution in [0.15, 0.2) is 41.6 Å². The molecule has 1 heterocycles. The van der Waals surface area contributed by atoms with Crippen molar-refractivity contribution in [3.63, 3.8) is 0 Å². The van der Waals surface area contributed by atoms with Crippen LogP contribution in [0.5, 0.6) is 0 Å². The Hall–Kier alpha value is -2.47. The van der Waals surface area contributed by atoms with Gasteiger partial charge in [0.1, 0.15) is 0 Å². The molecule has 5 nitrogen and oxygen atoms in total. The molecule has 0 atom stereocenters. The maximum absolute atomic E-state index is 11.6. The monoisotopic (exact) mass is 286 g/mol. The second kappa shape index (κ2) is 6.12. The van der Waals surface area contributed by atoms with Crippen LogP contribution in [0.2, 0.25) is 0 Å². The number of allylic oxidation sites excluding steroid dienone is 1. The Labute approximate surface area is 121 Å². The van der Waals surface area contributed by atoms with Crippen LogP contribution < -0.4 is 11.2 Å². The summed E-state index contributed by atoms with van der Waals surface area (Å²) >= 11 is 4.62. The summed E-state index contributed by atoms with van der Waals surface area (Å²) in [6.07, 6.45) is 6.96. The lowest BCUT2D eigenvalue weighted by molar-refractivity contribution is 0.0941. The molecule has 2 aromatic rings. The number of para-hydroxylation sites is 1. The van der Waals surface area contributed by atoms with Gasteiger partial charge in [-0.3, -0.25) is 14.8 Å². The molecule has 0 spiro atoms. The third kappa shape index (κ3) is 3.10. The van der Waals surface area contributed by atoms with Gasteiger partial charge in [-0.15, -0.1) is 0 Å². The number of carbonyl (C=O) groups is 1. The third-order valence-corrected chi connectivity index (χ3v) is 2.78. The molecule has 0 aliphatic carbocycles. The van der Waals surface area contributed by atoms with Crippen LogP contribution in [-0.4, -0.2) is 21.8 Å². The first-order valence-corrected chi connectivity index (χ1v) is 6.36. The topological polar surface area (TPSA) is 72.4 Å². The largest absolute Gasteiger partial charge is 0.375 e. The van der Waals surface area contributed by atoms with Crippen LogP contribution in [0.4, 0.5) is 0 Å². The zero-order valence-corrected chi connectivity index (χ0v) is 11.7. The minimum absolute atomic E-state index is 0.0235. The van der Waals surface area contributed by atoms with Crippen molar-refractivity contribution >= 4 is 46.4 Å². The van der Waals surface area contributed by atoms with Gasteiger partial charge in [-0.05, 0) is 24.4 Å². The number of nitrogens with zero attached hydrogens (tertiary/aromatic N) is 2. The van der Waals surface area contributed by atoms with E-state index in [9.17, 15) is 4.79 Å². The van der Waals surface area contributed by atoms with Gasteiger partial charge in [0.25, 0.3) is 0 Å². The maximum atomic E-state index is 11.6. The normalized spacial score (nSPS) is 11.4. The summed E-state index contributed by atoms with van der Waals surface area (Å²) in [6.45, 7) is 1.54. The van der Waals surface area contributed by atoms with Gasteiger partial charge in [0.2, 0.25) is 5.91 Å². The smallest absolute Gasteiger partial charge is 0.227 e. The highest BCUT2D eigenvalue weighted by molar-refractivity contribution is 7.80. The summed E-state index contributed by atoms with van der Waals surface area (Å²) in [6, 6.07) is 7.73. The van der Waals surface area contributed by atoms with Crippen molar-refractivity contribution in [2.24, 2.45) is 10.8 Å². The molecule has 102 valence electrons. The molecule has 0 fully saturated rings. The van der Waals surface area contributed by atoms with Crippen molar-refractivity contribution in [3.05, 3.63) is 42.1 Å². The molecule has 0 amide bonds. The van der Waals surface area contributed by atoms with E-state index in [1.807, 2.05) is 30.3 Å². The highest BCUT2D eigenvalue weighted by atomic mass is 32.1. The average molecular weight is 286 g/mol. The van der Waals surface area contributed by atoms with E-state index >= 15 is 0 Å². The Morgan fingerprint density at radius 3 is 2.90 bits per heavy atom. The number of nitrogens with two attached hydrogens (primary N) is 1. The molecular formula is C14H14N4OS. The minimum atomic E-state index is -0.0235. The van der Waals surface area contributed by atoms with Crippen molar-refractivity contribution in [3.8, 4) is 0 Å². The molecule has 0 radical (unpaired) electrons. The Bertz CT molecular complexity index is 715. The van der Waals surface area contributed by atoms with Crippen LogP contribution >= 0.6 is 12.2 Å². The predicted octanol–water partition coefficient (Wildman–Crippen LogP) is 2.13. The molecule has 6 heteroatoms. The van der Waals surface area contributed by atoms with Gasteiger partial charge in [-0.25, -0.2) is 0 Å². The van der Waals surface area contributed by atoms with Crippen molar-refractivity contribution in [1.29, 1.82) is 0 Å². The number of aromatic nitrogens is 1. The number of fused-ring (bicyclic) bond motifs is 1. The second-order valence-electron chi connectivity index (χ2n) is 4.10. The minimum Gasteiger partial charge on any atom is -0.375 e. The van der Waals surface area contributed by atoms with Gasteiger partial charge >= 0.3 is 0 Å². The summed E-state index contributed by atoms with van der Waals surface area (Å²) in [5.74, 6) is -0.0235. The van der Waals surface area contributed by atoms with E-state index in [1.165, 1.54) is 6.92 Å². The van der Waals surface area contributed by atoms with Gasteiger partial charge in [0.15, 0.2) is 5.11 Å². The van der Waals surface area contributed by atoms with Gasteiger partial charge in [0, 0.05) is 30.3 Å². The van der Waals surface area contributed by atoms with Crippen molar-refractivity contribution in [2.45, 2.75) is 6.92 Å². The van der Waals surface area contributed by atoms with E-state index in [1.54, 1.807) is 23.1 Å². The molecule has 0 aliphatic rings. The quantitative estimate of drug-likeness (QED) is 0.515. The van der Waals surface area contributed by atoms with Crippen LogP contribution in [0, 0.1) is 0 Å². The lowest BCUT2D eigenvalue weighted by Crippen LogP contribution is -2.23.